The number of rotatable bonds is 15. The molecule has 2 unspecified atom stereocenters. The predicted molar refractivity (Wildman–Crippen MR) is 101 cm³/mol. The molecule has 2 nitrogen and oxygen atoms in total. The number of carboxylic acid groups (broad SMARTS) is 1. The van der Waals surface area contributed by atoms with Gasteiger partial charge < -0.3 is 5.11 Å². The van der Waals surface area contributed by atoms with E-state index in [0.717, 1.165) is 25.7 Å². The molecule has 0 aromatic rings. The van der Waals surface area contributed by atoms with Crippen LogP contribution in [0.3, 0.4) is 0 Å². The monoisotopic (exact) mass is 324 g/mol. The van der Waals surface area contributed by atoms with Crippen LogP contribution in [-0.4, -0.2) is 11.1 Å². The summed E-state index contributed by atoms with van der Waals surface area (Å²) in [6, 6.07) is 0. The van der Waals surface area contributed by atoms with Gasteiger partial charge in [0.1, 0.15) is 0 Å². The van der Waals surface area contributed by atoms with E-state index in [0.29, 0.717) is 17.4 Å². The summed E-state index contributed by atoms with van der Waals surface area (Å²) in [5, 5.41) is 9.51. The molecule has 0 heterocycles. The van der Waals surface area contributed by atoms with Crippen molar-refractivity contribution in [1.82, 2.24) is 0 Å². The highest BCUT2D eigenvalue weighted by atomic mass is 16.4. The lowest BCUT2D eigenvalue weighted by Gasteiger charge is -2.17. The highest BCUT2D eigenvalue weighted by Gasteiger charge is 2.15. The molecule has 0 spiro atoms. The second-order valence-electron chi connectivity index (χ2n) is 7.23. The number of hydrogen-bond donors (Lipinski definition) is 1. The summed E-state index contributed by atoms with van der Waals surface area (Å²) in [7, 11) is 0. The van der Waals surface area contributed by atoms with Crippen molar-refractivity contribution in [2.24, 2.45) is 11.8 Å². The molecule has 0 saturated heterocycles. The molecule has 0 rings (SSSR count). The van der Waals surface area contributed by atoms with Crippen molar-refractivity contribution in [1.29, 1.82) is 0 Å². The topological polar surface area (TPSA) is 37.3 Å². The lowest BCUT2D eigenvalue weighted by molar-refractivity contribution is -0.133. The van der Waals surface area contributed by atoms with E-state index in [2.05, 4.69) is 27.7 Å². The molecule has 0 aliphatic rings. The zero-order valence-electron chi connectivity index (χ0n) is 16.1. The Morgan fingerprint density at radius 2 is 1.61 bits per heavy atom. The molecule has 1 N–H and O–H groups in total. The van der Waals surface area contributed by atoms with Crippen molar-refractivity contribution in [2.45, 2.75) is 105 Å². The highest BCUT2D eigenvalue weighted by molar-refractivity contribution is 5.86. The van der Waals surface area contributed by atoms with Gasteiger partial charge in [0.2, 0.25) is 0 Å². The van der Waals surface area contributed by atoms with E-state index in [4.69, 9.17) is 0 Å². The number of hydrogen-bond acceptors (Lipinski definition) is 1. The Kier molecular flexibility index (Phi) is 14.3. The summed E-state index contributed by atoms with van der Waals surface area (Å²) in [6.07, 6.45) is 16.0. The van der Waals surface area contributed by atoms with E-state index < -0.39 is 5.97 Å². The molecule has 0 amide bonds. The number of unbranched alkanes of at least 4 members (excludes halogenated alkanes) is 4. The number of aliphatic carboxylic acids is 1. The first kappa shape index (κ1) is 22.2. The van der Waals surface area contributed by atoms with Crippen LogP contribution in [0.25, 0.3) is 0 Å². The average molecular weight is 325 g/mol. The summed E-state index contributed by atoms with van der Waals surface area (Å²) < 4.78 is 0. The van der Waals surface area contributed by atoms with Gasteiger partial charge in [-0.25, -0.2) is 4.79 Å². The second kappa shape index (κ2) is 14.8. The standard InChI is InChI=1S/C21H40O2/c1-5-8-10-11-13-18(4)15-16-20(21(22)23)17-19(12-7-3)14-9-6-2/h16,18-19H,5-15,17H2,1-4H3,(H,22,23). The summed E-state index contributed by atoms with van der Waals surface area (Å²) in [5.74, 6) is 0.435. The Hall–Kier alpha value is -0.790. The fourth-order valence-corrected chi connectivity index (χ4v) is 3.20. The van der Waals surface area contributed by atoms with E-state index in [1.807, 2.05) is 6.08 Å². The second-order valence-corrected chi connectivity index (χ2v) is 7.23. The Balaban J connectivity index is 4.42. The van der Waals surface area contributed by atoms with Crippen molar-refractivity contribution in [2.75, 3.05) is 0 Å². The van der Waals surface area contributed by atoms with Gasteiger partial charge in [0, 0.05) is 5.57 Å². The van der Waals surface area contributed by atoms with E-state index in [1.165, 1.54) is 51.4 Å². The summed E-state index contributed by atoms with van der Waals surface area (Å²) in [4.78, 5) is 11.6. The van der Waals surface area contributed by atoms with Crippen molar-refractivity contribution >= 4 is 5.97 Å². The third-order valence-corrected chi connectivity index (χ3v) is 4.76. The Morgan fingerprint density at radius 3 is 2.17 bits per heavy atom. The maximum atomic E-state index is 11.6. The molecule has 0 aromatic carbocycles. The molecule has 0 radical (unpaired) electrons. The van der Waals surface area contributed by atoms with E-state index >= 15 is 0 Å². The quantitative estimate of drug-likeness (QED) is 0.260. The lowest BCUT2D eigenvalue weighted by atomic mass is 9.89. The highest BCUT2D eigenvalue weighted by Crippen LogP contribution is 2.24. The lowest BCUT2D eigenvalue weighted by Crippen LogP contribution is -2.09. The number of carboxylic acids is 1. The largest absolute Gasteiger partial charge is 0.478 e. The molecule has 0 aromatic heterocycles. The zero-order chi connectivity index (χ0) is 17.5. The maximum absolute atomic E-state index is 11.6. The molecule has 2 heteroatoms. The third kappa shape index (κ3) is 12.3. The van der Waals surface area contributed by atoms with Gasteiger partial charge in [-0.15, -0.1) is 0 Å². The zero-order valence-corrected chi connectivity index (χ0v) is 16.1. The van der Waals surface area contributed by atoms with Crippen LogP contribution in [0.15, 0.2) is 11.6 Å². The fraction of sp³-hybridized carbons (Fsp3) is 0.857. The van der Waals surface area contributed by atoms with E-state index in [1.54, 1.807) is 0 Å². The minimum absolute atomic E-state index is 0.544. The summed E-state index contributed by atoms with van der Waals surface area (Å²) >= 11 is 0. The minimum atomic E-state index is -0.708. The van der Waals surface area contributed by atoms with Gasteiger partial charge >= 0.3 is 5.97 Å². The molecule has 23 heavy (non-hydrogen) atoms. The molecule has 0 aliphatic carbocycles. The van der Waals surface area contributed by atoms with Gasteiger partial charge in [-0.2, -0.15) is 0 Å². The predicted octanol–water partition coefficient (Wildman–Crippen LogP) is 6.99. The van der Waals surface area contributed by atoms with Gasteiger partial charge in [0.15, 0.2) is 0 Å². The van der Waals surface area contributed by atoms with E-state index in [9.17, 15) is 9.90 Å². The molecular weight excluding hydrogens is 284 g/mol. The Bertz CT molecular complexity index is 320. The molecule has 0 aliphatic heterocycles. The van der Waals surface area contributed by atoms with Crippen LogP contribution in [0.5, 0.6) is 0 Å². The molecule has 0 saturated carbocycles. The van der Waals surface area contributed by atoms with Crippen molar-refractivity contribution < 1.29 is 9.90 Å². The summed E-state index contributed by atoms with van der Waals surface area (Å²) in [5.41, 5.74) is 0.653. The SMILES string of the molecule is CCCCCCC(C)CC=C(CC(CCC)CCCC)C(=O)O. The molecule has 0 fully saturated rings. The number of allylic oxidation sites excluding steroid dienone is 1. The Labute approximate surface area is 144 Å². The first-order valence-corrected chi connectivity index (χ1v) is 9.97. The van der Waals surface area contributed by atoms with Crippen molar-refractivity contribution in [3.8, 4) is 0 Å². The van der Waals surface area contributed by atoms with Gasteiger partial charge in [-0.3, -0.25) is 0 Å². The fourth-order valence-electron chi connectivity index (χ4n) is 3.20. The van der Waals surface area contributed by atoms with Gasteiger partial charge in [0.25, 0.3) is 0 Å². The van der Waals surface area contributed by atoms with Crippen LogP contribution >= 0.6 is 0 Å². The first-order chi connectivity index (χ1) is 11.0. The van der Waals surface area contributed by atoms with Crippen LogP contribution in [0, 0.1) is 11.8 Å². The molecule has 2 atom stereocenters. The van der Waals surface area contributed by atoms with Crippen LogP contribution in [-0.2, 0) is 4.79 Å². The molecular formula is C21H40O2. The van der Waals surface area contributed by atoms with Gasteiger partial charge in [0.05, 0.1) is 0 Å². The van der Waals surface area contributed by atoms with Crippen molar-refractivity contribution in [3.63, 3.8) is 0 Å². The smallest absolute Gasteiger partial charge is 0.331 e. The Morgan fingerprint density at radius 1 is 0.913 bits per heavy atom. The van der Waals surface area contributed by atoms with Gasteiger partial charge in [-0.1, -0.05) is 98.0 Å². The average Bonchev–Trinajstić information content (AvgIpc) is 2.52. The van der Waals surface area contributed by atoms with Crippen LogP contribution in [0.4, 0.5) is 0 Å². The molecule has 0 bridgehead atoms. The third-order valence-electron chi connectivity index (χ3n) is 4.76. The minimum Gasteiger partial charge on any atom is -0.478 e. The van der Waals surface area contributed by atoms with Crippen molar-refractivity contribution in [3.05, 3.63) is 11.6 Å². The van der Waals surface area contributed by atoms with Gasteiger partial charge in [-0.05, 0) is 24.7 Å². The summed E-state index contributed by atoms with van der Waals surface area (Å²) in [6.45, 7) is 8.89. The normalized spacial score (nSPS) is 14.7. The maximum Gasteiger partial charge on any atom is 0.331 e. The van der Waals surface area contributed by atoms with Crippen LogP contribution in [0.2, 0.25) is 0 Å². The van der Waals surface area contributed by atoms with Crippen LogP contribution < -0.4 is 0 Å². The molecule has 136 valence electrons. The first-order valence-electron chi connectivity index (χ1n) is 9.97. The number of carbonyl (C=O) groups is 1. The van der Waals surface area contributed by atoms with E-state index in [-0.39, 0.29) is 0 Å². The van der Waals surface area contributed by atoms with Crippen LogP contribution in [0.1, 0.15) is 105 Å².